The molecule has 0 aliphatic heterocycles. The van der Waals surface area contributed by atoms with Crippen molar-refractivity contribution in [3.63, 3.8) is 0 Å². The van der Waals surface area contributed by atoms with Crippen LogP contribution < -0.4 is 0 Å². The molecule has 0 fully saturated rings. The average Bonchev–Trinajstić information content (AvgIpc) is 2.47. The maximum atomic E-state index is 9.49. The van der Waals surface area contributed by atoms with Crippen molar-refractivity contribution in [2.75, 3.05) is 0 Å². The molecule has 1 aromatic heterocycles. The molecule has 0 radical (unpaired) electrons. The van der Waals surface area contributed by atoms with Gasteiger partial charge in [0.25, 0.3) is 0 Å². The monoisotopic (exact) mass is 352 g/mol. The Bertz CT molecular complexity index is 974. The zero-order valence-electron chi connectivity index (χ0n) is 11.9. The van der Waals surface area contributed by atoms with Crippen LogP contribution in [0.4, 0.5) is 0 Å². The van der Waals surface area contributed by atoms with Gasteiger partial charge >= 0.3 is 11.3 Å². The van der Waals surface area contributed by atoms with Crippen LogP contribution >= 0.6 is 0 Å². The summed E-state index contributed by atoms with van der Waals surface area (Å²) < 4.78 is 38.5. The number of phenolic OH excluding ortho intramolecular Hbond substituents is 3. The van der Waals surface area contributed by atoms with Crippen LogP contribution in [0.3, 0.4) is 0 Å². The zero-order chi connectivity index (χ0) is 17.9. The number of fused-ring (bicyclic) bond motifs is 1. The smallest absolute Gasteiger partial charge is 0.364 e. The van der Waals surface area contributed by atoms with E-state index < -0.39 is 10.4 Å². The van der Waals surface area contributed by atoms with Crippen molar-refractivity contribution in [3.05, 3.63) is 48.5 Å². The number of rotatable bonds is 1. The lowest BCUT2D eigenvalue weighted by atomic mass is 10.1. The van der Waals surface area contributed by atoms with Gasteiger partial charge in [-0.1, -0.05) is 0 Å². The van der Waals surface area contributed by atoms with Gasteiger partial charge in [0.2, 0.25) is 10.4 Å². The molecule has 24 heavy (non-hydrogen) atoms. The number of hydrogen-bond donors (Lipinski definition) is 4. The van der Waals surface area contributed by atoms with Crippen LogP contribution in [0, 0.1) is 0 Å². The highest BCUT2D eigenvalue weighted by molar-refractivity contribution is 7.79. The fourth-order valence-electron chi connectivity index (χ4n) is 1.90. The Morgan fingerprint density at radius 2 is 1.50 bits per heavy atom. The van der Waals surface area contributed by atoms with Crippen LogP contribution in [-0.4, -0.2) is 32.8 Å². The van der Waals surface area contributed by atoms with Crippen LogP contribution in [0.1, 0.15) is 0 Å². The van der Waals surface area contributed by atoms with E-state index in [4.69, 9.17) is 21.9 Å². The van der Waals surface area contributed by atoms with Gasteiger partial charge in [0.1, 0.15) is 5.75 Å². The molecule has 0 saturated heterocycles. The highest BCUT2D eigenvalue weighted by atomic mass is 32.3. The molecule has 4 N–H and O–H groups in total. The van der Waals surface area contributed by atoms with Crippen LogP contribution in [-0.2, 0) is 10.4 Å². The summed E-state index contributed by atoms with van der Waals surface area (Å²) in [6.07, 6.45) is 0. The summed E-state index contributed by atoms with van der Waals surface area (Å²) in [4.78, 5) is 0. The van der Waals surface area contributed by atoms with Crippen molar-refractivity contribution in [1.82, 2.24) is 0 Å². The third kappa shape index (κ3) is 4.81. The van der Waals surface area contributed by atoms with E-state index >= 15 is 0 Å². The summed E-state index contributed by atoms with van der Waals surface area (Å²) in [6.45, 7) is 0. The van der Waals surface area contributed by atoms with Crippen LogP contribution in [0.2, 0.25) is 0 Å². The van der Waals surface area contributed by atoms with E-state index in [0.717, 1.165) is 5.39 Å². The zero-order valence-corrected chi connectivity index (χ0v) is 12.8. The summed E-state index contributed by atoms with van der Waals surface area (Å²) in [5.41, 5.74) is 1.19. The Balaban J connectivity index is 0.000000368. The normalized spacial score (nSPS) is 10.9. The first kappa shape index (κ1) is 17.5. The van der Waals surface area contributed by atoms with Crippen molar-refractivity contribution >= 4 is 21.4 Å². The van der Waals surface area contributed by atoms with Crippen LogP contribution in [0.25, 0.3) is 22.3 Å². The van der Waals surface area contributed by atoms with Gasteiger partial charge in [-0.15, -0.1) is 0 Å². The second kappa shape index (κ2) is 6.71. The topological polar surface area (TPSA) is 149 Å². The molecule has 0 bridgehead atoms. The fraction of sp³-hybridized carbons (Fsp3) is 0. The Hall–Kier alpha value is -2.88. The van der Waals surface area contributed by atoms with Gasteiger partial charge < -0.3 is 19.9 Å². The van der Waals surface area contributed by atoms with E-state index in [1.165, 1.54) is 18.2 Å². The van der Waals surface area contributed by atoms with Gasteiger partial charge in [-0.3, -0.25) is 4.55 Å². The van der Waals surface area contributed by atoms with Gasteiger partial charge in [0.05, 0.1) is 17.0 Å². The lowest BCUT2D eigenvalue weighted by molar-refractivity contribution is 0.366. The Kier molecular flexibility index (Phi) is 4.88. The number of benzene rings is 2. The van der Waals surface area contributed by atoms with E-state index in [1.807, 2.05) is 6.07 Å². The highest BCUT2D eigenvalue weighted by Crippen LogP contribution is 2.32. The van der Waals surface area contributed by atoms with Gasteiger partial charge in [0.15, 0.2) is 11.5 Å². The van der Waals surface area contributed by atoms with Crippen LogP contribution in [0.5, 0.6) is 17.2 Å². The molecule has 0 amide bonds. The highest BCUT2D eigenvalue weighted by Gasteiger charge is 2.16. The summed E-state index contributed by atoms with van der Waals surface area (Å²) in [5.74, 6) is 0.279. The molecular weight excluding hydrogens is 340 g/mol. The lowest BCUT2D eigenvalue weighted by Gasteiger charge is -1.98. The summed E-state index contributed by atoms with van der Waals surface area (Å²) in [7, 11) is -4.92. The Labute approximate surface area is 136 Å². The first-order chi connectivity index (χ1) is 11.1. The largest absolute Gasteiger partial charge is 0.726 e. The van der Waals surface area contributed by atoms with E-state index in [0.29, 0.717) is 16.9 Å². The van der Waals surface area contributed by atoms with Gasteiger partial charge in [-0.2, -0.15) is 0 Å². The van der Waals surface area contributed by atoms with Gasteiger partial charge in [-0.05, 0) is 30.3 Å². The molecule has 2 aromatic carbocycles. The molecule has 0 atom stereocenters. The van der Waals surface area contributed by atoms with Crippen molar-refractivity contribution in [2.45, 2.75) is 0 Å². The second-order valence-electron chi connectivity index (χ2n) is 4.65. The van der Waals surface area contributed by atoms with Crippen molar-refractivity contribution in [3.8, 4) is 28.6 Å². The molecule has 3 rings (SSSR count). The van der Waals surface area contributed by atoms with Crippen molar-refractivity contribution in [2.24, 2.45) is 0 Å². The SMILES string of the molecule is O=S(=O)([O-])O.Oc1ccc2ccc(-c3ccc(O)c(O)c3)[o+]c2c1. The molecular formula is C15H12O8S. The third-order valence-corrected chi connectivity index (χ3v) is 2.89. The maximum Gasteiger partial charge on any atom is 0.364 e. The molecule has 0 spiro atoms. The Morgan fingerprint density at radius 3 is 2.12 bits per heavy atom. The van der Waals surface area contributed by atoms with Gasteiger partial charge in [0, 0.05) is 12.1 Å². The number of hydrogen-bond acceptors (Lipinski definition) is 6. The molecule has 0 aliphatic carbocycles. The average molecular weight is 352 g/mol. The summed E-state index contributed by atoms with van der Waals surface area (Å²) in [6, 6.07) is 13.0. The first-order valence-corrected chi connectivity index (χ1v) is 7.76. The first-order valence-electron chi connectivity index (χ1n) is 6.40. The molecule has 8 nitrogen and oxygen atoms in total. The quantitative estimate of drug-likeness (QED) is 0.226. The molecule has 1 heterocycles. The molecule has 0 aliphatic rings. The minimum atomic E-state index is -4.92. The molecule has 9 heteroatoms. The predicted molar refractivity (Wildman–Crippen MR) is 83.4 cm³/mol. The van der Waals surface area contributed by atoms with Crippen molar-refractivity contribution < 1.29 is 37.3 Å². The minimum absolute atomic E-state index is 0.127. The van der Waals surface area contributed by atoms with Crippen molar-refractivity contribution in [1.29, 1.82) is 0 Å². The third-order valence-electron chi connectivity index (χ3n) is 2.89. The van der Waals surface area contributed by atoms with E-state index in [1.54, 1.807) is 24.3 Å². The minimum Gasteiger partial charge on any atom is -0.726 e. The van der Waals surface area contributed by atoms with E-state index in [2.05, 4.69) is 0 Å². The maximum absolute atomic E-state index is 9.49. The standard InChI is InChI=1S/C15H10O4.H2O4S/c16-11-4-1-9-3-6-14(19-15(9)8-11)10-2-5-12(17)13(18)7-10;1-5(2,3)4/h1-8H,(H2-,16,17,18);(H2,1,2,3,4). The number of phenols is 3. The molecule has 0 saturated carbocycles. The summed E-state index contributed by atoms with van der Waals surface area (Å²) in [5, 5.41) is 29.1. The van der Waals surface area contributed by atoms with Gasteiger partial charge in [-0.25, -0.2) is 12.8 Å². The predicted octanol–water partition coefficient (Wildman–Crippen LogP) is 2.50. The lowest BCUT2D eigenvalue weighted by Crippen LogP contribution is -1.90. The molecule has 126 valence electrons. The van der Waals surface area contributed by atoms with Crippen LogP contribution in [0.15, 0.2) is 52.9 Å². The molecule has 3 aromatic rings. The van der Waals surface area contributed by atoms with E-state index in [-0.39, 0.29) is 17.2 Å². The fourth-order valence-corrected chi connectivity index (χ4v) is 1.90. The van der Waals surface area contributed by atoms with E-state index in [9.17, 15) is 15.3 Å². The molecule has 0 unspecified atom stereocenters. The second-order valence-corrected chi connectivity index (χ2v) is 5.51. The summed E-state index contributed by atoms with van der Waals surface area (Å²) >= 11 is 0. The Morgan fingerprint density at radius 1 is 0.875 bits per heavy atom. The number of aromatic hydroxyl groups is 3.